The van der Waals surface area contributed by atoms with E-state index in [-0.39, 0.29) is 19.4 Å². The molecule has 1 heterocycles. The first-order valence-electron chi connectivity index (χ1n) is 6.47. The number of esters is 1. The Morgan fingerprint density at radius 3 is 2.33 bits per heavy atom. The number of imide groups is 2. The zero-order valence-corrected chi connectivity index (χ0v) is 11.9. The number of barbiturate groups is 1. The van der Waals surface area contributed by atoms with E-state index in [4.69, 9.17) is 4.74 Å². The van der Waals surface area contributed by atoms with Gasteiger partial charge >= 0.3 is 12.0 Å². The number of hydrogen-bond acceptors (Lipinski definition) is 5. The maximum absolute atomic E-state index is 12.5. The van der Waals surface area contributed by atoms with Crippen LogP contribution in [0.1, 0.15) is 19.8 Å². The first-order valence-corrected chi connectivity index (χ1v) is 6.47. The molecule has 1 N–H and O–H groups in total. The third-order valence-corrected chi connectivity index (χ3v) is 3.13. The highest BCUT2D eigenvalue weighted by molar-refractivity contribution is 6.20. The molecular formula is C14H18N2O5. The Labute approximate surface area is 122 Å². The topological polar surface area (TPSA) is 92.8 Å². The van der Waals surface area contributed by atoms with Crippen LogP contribution in [0.4, 0.5) is 4.79 Å². The Hall–Kier alpha value is -2.44. The SMILES string of the molecule is C=CCC1(CC=C)C(=O)NC(=O)N(CC(=O)OCC)C1=O. The number of carbonyl (C=O) groups excluding carboxylic acids is 4. The molecule has 0 saturated carbocycles. The van der Waals surface area contributed by atoms with Gasteiger partial charge in [-0.05, 0) is 19.8 Å². The van der Waals surface area contributed by atoms with Crippen LogP contribution >= 0.6 is 0 Å². The summed E-state index contributed by atoms with van der Waals surface area (Å²) in [6.07, 6.45) is 2.91. The van der Waals surface area contributed by atoms with Crippen LogP contribution in [0.5, 0.6) is 0 Å². The lowest BCUT2D eigenvalue weighted by molar-refractivity contribution is -0.156. The van der Waals surface area contributed by atoms with Crippen molar-refractivity contribution in [1.29, 1.82) is 0 Å². The molecule has 7 nitrogen and oxygen atoms in total. The van der Waals surface area contributed by atoms with Gasteiger partial charge in [0.2, 0.25) is 11.8 Å². The summed E-state index contributed by atoms with van der Waals surface area (Å²) < 4.78 is 4.72. The van der Waals surface area contributed by atoms with Gasteiger partial charge < -0.3 is 4.74 Å². The number of allylic oxidation sites excluding steroid dienone is 2. The number of carbonyl (C=O) groups is 4. The molecule has 0 bridgehead atoms. The van der Waals surface area contributed by atoms with Crippen molar-refractivity contribution in [2.24, 2.45) is 5.41 Å². The van der Waals surface area contributed by atoms with Gasteiger partial charge in [-0.25, -0.2) is 4.79 Å². The van der Waals surface area contributed by atoms with E-state index >= 15 is 0 Å². The molecule has 0 radical (unpaired) electrons. The molecule has 0 aromatic rings. The van der Waals surface area contributed by atoms with Gasteiger partial charge in [-0.15, -0.1) is 13.2 Å². The van der Waals surface area contributed by atoms with Gasteiger partial charge in [0, 0.05) is 0 Å². The smallest absolute Gasteiger partial charge is 0.331 e. The zero-order chi connectivity index (χ0) is 16.0. The predicted molar refractivity (Wildman–Crippen MR) is 73.9 cm³/mol. The van der Waals surface area contributed by atoms with Crippen LogP contribution in [0.15, 0.2) is 25.3 Å². The van der Waals surface area contributed by atoms with Crippen LogP contribution in [0, 0.1) is 5.41 Å². The molecular weight excluding hydrogens is 276 g/mol. The molecule has 1 fully saturated rings. The van der Waals surface area contributed by atoms with E-state index < -0.39 is 35.8 Å². The summed E-state index contributed by atoms with van der Waals surface area (Å²) in [5, 5.41) is 2.09. The van der Waals surface area contributed by atoms with Crippen molar-refractivity contribution in [2.75, 3.05) is 13.2 Å². The maximum Gasteiger partial charge on any atom is 0.331 e. The van der Waals surface area contributed by atoms with Crippen molar-refractivity contribution in [3.8, 4) is 0 Å². The standard InChI is InChI=1S/C14H18N2O5/c1-4-7-14(8-5-2)11(18)15-13(20)16(12(14)19)9-10(17)21-6-3/h4-5H,1-2,6-9H2,3H3,(H,15,18,20). The molecule has 0 unspecified atom stereocenters. The monoisotopic (exact) mass is 294 g/mol. The number of nitrogens with zero attached hydrogens (tertiary/aromatic N) is 1. The summed E-state index contributed by atoms with van der Waals surface area (Å²) in [5.74, 6) is -2.18. The van der Waals surface area contributed by atoms with Crippen molar-refractivity contribution in [3.05, 3.63) is 25.3 Å². The average Bonchev–Trinajstić information content (AvgIpc) is 2.42. The maximum atomic E-state index is 12.5. The first-order chi connectivity index (χ1) is 9.92. The van der Waals surface area contributed by atoms with Gasteiger partial charge in [-0.2, -0.15) is 0 Å². The van der Waals surface area contributed by atoms with Gasteiger partial charge in [0.25, 0.3) is 0 Å². The van der Waals surface area contributed by atoms with E-state index in [9.17, 15) is 19.2 Å². The molecule has 114 valence electrons. The highest BCUT2D eigenvalue weighted by Gasteiger charge is 2.52. The summed E-state index contributed by atoms with van der Waals surface area (Å²) in [5.41, 5.74) is -1.50. The summed E-state index contributed by atoms with van der Waals surface area (Å²) in [6, 6.07) is -0.929. The molecule has 0 aromatic heterocycles. The largest absolute Gasteiger partial charge is 0.465 e. The lowest BCUT2D eigenvalue weighted by atomic mass is 9.77. The minimum atomic E-state index is -1.50. The molecule has 21 heavy (non-hydrogen) atoms. The Balaban J connectivity index is 3.10. The quantitative estimate of drug-likeness (QED) is 0.425. The van der Waals surface area contributed by atoms with Crippen LogP contribution < -0.4 is 5.32 Å². The predicted octanol–water partition coefficient (Wildman–Crippen LogP) is 0.766. The molecule has 1 saturated heterocycles. The zero-order valence-electron chi connectivity index (χ0n) is 11.9. The Morgan fingerprint density at radius 2 is 1.86 bits per heavy atom. The molecule has 0 aromatic carbocycles. The molecule has 0 atom stereocenters. The van der Waals surface area contributed by atoms with Crippen LogP contribution in [0.25, 0.3) is 0 Å². The number of rotatable bonds is 7. The van der Waals surface area contributed by atoms with Gasteiger partial charge in [0.05, 0.1) is 6.61 Å². The molecule has 1 rings (SSSR count). The Kier molecular flexibility index (Phi) is 5.40. The molecule has 4 amide bonds. The lowest BCUT2D eigenvalue weighted by Gasteiger charge is -2.37. The van der Waals surface area contributed by atoms with E-state index in [1.807, 2.05) is 0 Å². The lowest BCUT2D eigenvalue weighted by Crippen LogP contribution is -2.64. The average molecular weight is 294 g/mol. The van der Waals surface area contributed by atoms with Crippen molar-refractivity contribution in [3.63, 3.8) is 0 Å². The minimum absolute atomic E-state index is 0.0380. The van der Waals surface area contributed by atoms with Crippen LogP contribution in [-0.4, -0.2) is 41.9 Å². The Morgan fingerprint density at radius 1 is 1.29 bits per heavy atom. The van der Waals surface area contributed by atoms with Crippen molar-refractivity contribution < 1.29 is 23.9 Å². The van der Waals surface area contributed by atoms with E-state index in [1.54, 1.807) is 6.92 Å². The second-order valence-electron chi connectivity index (χ2n) is 4.52. The Bertz CT molecular complexity index is 488. The van der Waals surface area contributed by atoms with Crippen molar-refractivity contribution in [1.82, 2.24) is 10.2 Å². The number of nitrogens with one attached hydrogen (secondary N) is 1. The second-order valence-corrected chi connectivity index (χ2v) is 4.52. The fourth-order valence-corrected chi connectivity index (χ4v) is 2.15. The van der Waals surface area contributed by atoms with E-state index in [1.165, 1.54) is 12.2 Å². The molecule has 1 aliphatic heterocycles. The molecule has 7 heteroatoms. The van der Waals surface area contributed by atoms with Crippen LogP contribution in [0.3, 0.4) is 0 Å². The number of urea groups is 1. The highest BCUT2D eigenvalue weighted by Crippen LogP contribution is 2.33. The van der Waals surface area contributed by atoms with Gasteiger partial charge in [0.15, 0.2) is 0 Å². The van der Waals surface area contributed by atoms with E-state index in [0.717, 1.165) is 0 Å². The minimum Gasteiger partial charge on any atom is -0.465 e. The van der Waals surface area contributed by atoms with Crippen LogP contribution in [-0.2, 0) is 19.1 Å². The summed E-state index contributed by atoms with van der Waals surface area (Å²) in [6.45, 7) is 8.25. The fraction of sp³-hybridized carbons (Fsp3) is 0.429. The number of hydrogen-bond donors (Lipinski definition) is 1. The van der Waals surface area contributed by atoms with E-state index in [2.05, 4.69) is 18.5 Å². The normalized spacial score (nSPS) is 17.2. The highest BCUT2D eigenvalue weighted by atomic mass is 16.5. The number of amides is 4. The fourth-order valence-electron chi connectivity index (χ4n) is 2.15. The van der Waals surface area contributed by atoms with Crippen molar-refractivity contribution >= 4 is 23.8 Å². The second kappa shape index (κ2) is 6.83. The summed E-state index contributed by atoms with van der Waals surface area (Å²) in [4.78, 5) is 48.6. The molecule has 0 aliphatic carbocycles. The van der Waals surface area contributed by atoms with Gasteiger partial charge in [0.1, 0.15) is 12.0 Å². The molecule has 0 spiro atoms. The van der Waals surface area contributed by atoms with E-state index in [0.29, 0.717) is 4.90 Å². The van der Waals surface area contributed by atoms with Gasteiger partial charge in [-0.3, -0.25) is 24.6 Å². The third-order valence-electron chi connectivity index (χ3n) is 3.13. The number of ether oxygens (including phenoxy) is 1. The molecule has 1 aliphatic rings. The van der Waals surface area contributed by atoms with Crippen LogP contribution in [0.2, 0.25) is 0 Å². The van der Waals surface area contributed by atoms with Crippen molar-refractivity contribution in [2.45, 2.75) is 19.8 Å². The summed E-state index contributed by atoms with van der Waals surface area (Å²) in [7, 11) is 0. The summed E-state index contributed by atoms with van der Waals surface area (Å²) >= 11 is 0. The third kappa shape index (κ3) is 3.18. The van der Waals surface area contributed by atoms with Gasteiger partial charge in [-0.1, -0.05) is 12.2 Å². The first kappa shape index (κ1) is 16.6.